The largest absolute Gasteiger partial charge is 0.381 e. The van der Waals surface area contributed by atoms with Crippen molar-refractivity contribution in [3.8, 4) is 0 Å². The molecular weight excluding hydrogens is 272 g/mol. The zero-order valence-electron chi connectivity index (χ0n) is 12.7. The van der Waals surface area contributed by atoms with Crippen LogP contribution in [0.2, 0.25) is 5.02 Å². The molecule has 0 amide bonds. The van der Waals surface area contributed by atoms with Crippen LogP contribution in [-0.2, 0) is 11.3 Å². The summed E-state index contributed by atoms with van der Waals surface area (Å²) >= 11 is 6.46. The molecule has 1 fully saturated rings. The first-order chi connectivity index (χ1) is 9.58. The molecule has 3 nitrogen and oxygen atoms in total. The van der Waals surface area contributed by atoms with Crippen molar-refractivity contribution < 1.29 is 4.74 Å². The molecule has 1 aromatic carbocycles. The molecule has 20 heavy (non-hydrogen) atoms. The summed E-state index contributed by atoms with van der Waals surface area (Å²) in [6.07, 6.45) is 2.15. The number of hydrogen-bond donors (Lipinski definition) is 1. The monoisotopic (exact) mass is 296 g/mol. The van der Waals surface area contributed by atoms with E-state index in [-0.39, 0.29) is 0 Å². The van der Waals surface area contributed by atoms with Gasteiger partial charge in [-0.3, -0.25) is 0 Å². The maximum atomic E-state index is 6.46. The standard InChI is InChI=1S/C16H25ClN2O/c1-12(2)18-11-13-4-5-16(15(17)10-13)19(3)14-6-8-20-9-7-14/h4-5,10,12,14,18H,6-9,11H2,1-3H3. The summed E-state index contributed by atoms with van der Waals surface area (Å²) in [5.74, 6) is 0. The van der Waals surface area contributed by atoms with Gasteiger partial charge in [0.15, 0.2) is 0 Å². The number of halogens is 1. The van der Waals surface area contributed by atoms with Gasteiger partial charge in [-0.15, -0.1) is 0 Å². The molecule has 1 N–H and O–H groups in total. The number of anilines is 1. The second-order valence-corrected chi connectivity index (χ2v) is 6.18. The van der Waals surface area contributed by atoms with Crippen LogP contribution < -0.4 is 10.2 Å². The maximum absolute atomic E-state index is 6.46. The molecule has 0 unspecified atom stereocenters. The minimum absolute atomic E-state index is 0.485. The molecule has 1 saturated heterocycles. The van der Waals surface area contributed by atoms with E-state index < -0.39 is 0 Å². The molecule has 0 spiro atoms. The van der Waals surface area contributed by atoms with Crippen molar-refractivity contribution in [3.63, 3.8) is 0 Å². The van der Waals surface area contributed by atoms with Crippen LogP contribution in [-0.4, -0.2) is 32.3 Å². The van der Waals surface area contributed by atoms with Crippen molar-refractivity contribution in [1.29, 1.82) is 0 Å². The lowest BCUT2D eigenvalue weighted by molar-refractivity contribution is 0.0855. The molecular formula is C16H25ClN2O. The first kappa shape index (κ1) is 15.6. The summed E-state index contributed by atoms with van der Waals surface area (Å²) in [4.78, 5) is 2.30. The van der Waals surface area contributed by atoms with Crippen molar-refractivity contribution in [3.05, 3.63) is 28.8 Å². The van der Waals surface area contributed by atoms with E-state index in [4.69, 9.17) is 16.3 Å². The smallest absolute Gasteiger partial charge is 0.0642 e. The lowest BCUT2D eigenvalue weighted by atomic mass is 10.1. The Morgan fingerprint density at radius 1 is 1.35 bits per heavy atom. The zero-order valence-corrected chi connectivity index (χ0v) is 13.4. The van der Waals surface area contributed by atoms with Gasteiger partial charge >= 0.3 is 0 Å². The fourth-order valence-electron chi connectivity index (χ4n) is 2.54. The highest BCUT2D eigenvalue weighted by molar-refractivity contribution is 6.33. The highest BCUT2D eigenvalue weighted by atomic mass is 35.5. The Bertz CT molecular complexity index is 430. The summed E-state index contributed by atoms with van der Waals surface area (Å²) in [6, 6.07) is 7.38. The van der Waals surface area contributed by atoms with Crippen LogP contribution in [0.3, 0.4) is 0 Å². The van der Waals surface area contributed by atoms with E-state index in [1.807, 2.05) is 0 Å². The molecule has 4 heteroatoms. The predicted molar refractivity (Wildman–Crippen MR) is 85.7 cm³/mol. The second kappa shape index (κ2) is 7.30. The van der Waals surface area contributed by atoms with Gasteiger partial charge in [0.2, 0.25) is 0 Å². The Morgan fingerprint density at radius 3 is 2.65 bits per heavy atom. The molecule has 1 heterocycles. The number of rotatable bonds is 5. The Hall–Kier alpha value is -0.770. The number of hydrogen-bond acceptors (Lipinski definition) is 3. The van der Waals surface area contributed by atoms with Crippen molar-refractivity contribution >= 4 is 17.3 Å². The molecule has 0 radical (unpaired) electrons. The first-order valence-corrected chi connectivity index (χ1v) is 7.78. The van der Waals surface area contributed by atoms with Crippen LogP contribution >= 0.6 is 11.6 Å². The van der Waals surface area contributed by atoms with Crippen LogP contribution in [0.5, 0.6) is 0 Å². The van der Waals surface area contributed by atoms with E-state index in [0.29, 0.717) is 12.1 Å². The quantitative estimate of drug-likeness (QED) is 0.901. The van der Waals surface area contributed by atoms with Crippen LogP contribution in [0.1, 0.15) is 32.3 Å². The van der Waals surface area contributed by atoms with Crippen LogP contribution in [0.4, 0.5) is 5.69 Å². The van der Waals surface area contributed by atoms with Crippen molar-refractivity contribution in [2.75, 3.05) is 25.2 Å². The molecule has 2 rings (SSSR count). The third-order valence-corrected chi connectivity index (χ3v) is 4.15. The molecule has 0 saturated carbocycles. The molecule has 1 aliphatic heterocycles. The van der Waals surface area contributed by atoms with Gasteiger partial charge in [0.25, 0.3) is 0 Å². The molecule has 0 aliphatic carbocycles. The Labute approximate surface area is 127 Å². The first-order valence-electron chi connectivity index (χ1n) is 7.40. The minimum atomic E-state index is 0.485. The van der Waals surface area contributed by atoms with Gasteiger partial charge in [0, 0.05) is 38.9 Å². The van der Waals surface area contributed by atoms with Crippen LogP contribution in [0, 0.1) is 0 Å². The fraction of sp³-hybridized carbons (Fsp3) is 0.625. The van der Waals surface area contributed by atoms with Gasteiger partial charge in [0.1, 0.15) is 0 Å². The van der Waals surface area contributed by atoms with E-state index in [2.05, 4.69) is 49.3 Å². The third kappa shape index (κ3) is 4.11. The minimum Gasteiger partial charge on any atom is -0.381 e. The van der Waals surface area contributed by atoms with E-state index in [1.165, 1.54) is 5.56 Å². The Morgan fingerprint density at radius 2 is 2.05 bits per heavy atom. The van der Waals surface area contributed by atoms with Crippen molar-refractivity contribution in [2.24, 2.45) is 0 Å². The van der Waals surface area contributed by atoms with Crippen LogP contribution in [0.25, 0.3) is 0 Å². The summed E-state index contributed by atoms with van der Waals surface area (Å²) in [7, 11) is 2.13. The second-order valence-electron chi connectivity index (χ2n) is 5.78. The topological polar surface area (TPSA) is 24.5 Å². The highest BCUT2D eigenvalue weighted by Crippen LogP contribution is 2.29. The predicted octanol–water partition coefficient (Wildman–Crippen LogP) is 3.45. The van der Waals surface area contributed by atoms with Gasteiger partial charge in [-0.25, -0.2) is 0 Å². The Kier molecular flexibility index (Phi) is 5.70. The summed E-state index contributed by atoms with van der Waals surface area (Å²) in [6.45, 7) is 6.86. The SMILES string of the molecule is CC(C)NCc1ccc(N(C)C2CCOCC2)c(Cl)c1. The average Bonchev–Trinajstić information content (AvgIpc) is 2.45. The third-order valence-electron chi connectivity index (χ3n) is 3.85. The molecule has 1 aliphatic rings. The van der Waals surface area contributed by atoms with E-state index in [0.717, 1.165) is 43.3 Å². The van der Waals surface area contributed by atoms with Gasteiger partial charge in [0.05, 0.1) is 10.7 Å². The van der Waals surface area contributed by atoms with Gasteiger partial charge in [-0.05, 0) is 30.5 Å². The molecule has 112 valence electrons. The molecule has 1 aromatic rings. The summed E-state index contributed by atoms with van der Waals surface area (Å²) < 4.78 is 5.42. The van der Waals surface area contributed by atoms with Gasteiger partial charge < -0.3 is 15.0 Å². The summed E-state index contributed by atoms with van der Waals surface area (Å²) in [5.41, 5.74) is 2.35. The molecule has 0 bridgehead atoms. The Balaban J connectivity index is 2.04. The lowest BCUT2D eigenvalue weighted by Gasteiger charge is -2.33. The normalized spacial score (nSPS) is 16.6. The van der Waals surface area contributed by atoms with Crippen molar-refractivity contribution in [1.82, 2.24) is 5.32 Å². The number of nitrogens with zero attached hydrogens (tertiary/aromatic N) is 1. The number of benzene rings is 1. The lowest BCUT2D eigenvalue weighted by Crippen LogP contribution is -2.36. The van der Waals surface area contributed by atoms with Crippen molar-refractivity contribution in [2.45, 2.75) is 45.3 Å². The van der Waals surface area contributed by atoms with E-state index >= 15 is 0 Å². The average molecular weight is 297 g/mol. The summed E-state index contributed by atoms with van der Waals surface area (Å²) in [5, 5.41) is 4.25. The highest BCUT2D eigenvalue weighted by Gasteiger charge is 2.20. The zero-order chi connectivity index (χ0) is 14.5. The number of nitrogens with one attached hydrogen (secondary N) is 1. The molecule has 0 aromatic heterocycles. The van der Waals surface area contributed by atoms with Gasteiger partial charge in [-0.2, -0.15) is 0 Å². The van der Waals surface area contributed by atoms with Crippen LogP contribution in [0.15, 0.2) is 18.2 Å². The number of ether oxygens (including phenoxy) is 1. The maximum Gasteiger partial charge on any atom is 0.0642 e. The van der Waals surface area contributed by atoms with Gasteiger partial charge in [-0.1, -0.05) is 31.5 Å². The molecule has 0 atom stereocenters. The fourth-order valence-corrected chi connectivity index (χ4v) is 2.87. The van der Waals surface area contributed by atoms with E-state index in [1.54, 1.807) is 0 Å². The van der Waals surface area contributed by atoms with E-state index in [9.17, 15) is 0 Å².